The van der Waals surface area contributed by atoms with Gasteiger partial charge in [-0.05, 0) is 5.41 Å². The van der Waals surface area contributed by atoms with E-state index in [1.807, 2.05) is 20.8 Å². The van der Waals surface area contributed by atoms with E-state index in [-0.39, 0.29) is 17.0 Å². The maximum absolute atomic E-state index is 11.7. The molecule has 0 fully saturated rings. The van der Waals surface area contributed by atoms with Crippen LogP contribution in [0.1, 0.15) is 31.3 Å². The van der Waals surface area contributed by atoms with E-state index in [4.69, 9.17) is 5.84 Å². The van der Waals surface area contributed by atoms with E-state index in [1.165, 1.54) is 12.4 Å². The second-order valence-electron chi connectivity index (χ2n) is 4.68. The molecule has 0 saturated heterocycles. The number of carbonyl (C=O) groups is 1. The monoisotopic (exact) mass is 223 g/mol. The first-order chi connectivity index (χ1) is 7.42. The predicted octanol–water partition coefficient (Wildman–Crippen LogP) is 0.538. The van der Waals surface area contributed by atoms with E-state index in [2.05, 4.69) is 20.7 Å². The first-order valence-corrected chi connectivity index (χ1v) is 4.99. The normalized spacial score (nSPS) is 11.0. The Morgan fingerprint density at radius 3 is 2.69 bits per heavy atom. The third kappa shape index (κ3) is 3.82. The van der Waals surface area contributed by atoms with Crippen LogP contribution in [0.5, 0.6) is 0 Å². The molecule has 88 valence electrons. The Bertz CT molecular complexity index is 372. The van der Waals surface area contributed by atoms with E-state index < -0.39 is 0 Å². The van der Waals surface area contributed by atoms with Crippen molar-refractivity contribution in [3.63, 3.8) is 0 Å². The highest BCUT2D eigenvalue weighted by molar-refractivity contribution is 5.92. The molecule has 0 saturated carbocycles. The van der Waals surface area contributed by atoms with Crippen LogP contribution in [0.3, 0.4) is 0 Å². The van der Waals surface area contributed by atoms with Crippen LogP contribution in [-0.2, 0) is 0 Å². The summed E-state index contributed by atoms with van der Waals surface area (Å²) >= 11 is 0. The van der Waals surface area contributed by atoms with Gasteiger partial charge in [-0.2, -0.15) is 0 Å². The van der Waals surface area contributed by atoms with Gasteiger partial charge in [-0.25, -0.2) is 10.8 Å². The van der Waals surface area contributed by atoms with Gasteiger partial charge in [-0.1, -0.05) is 20.8 Å². The number of anilines is 1. The molecule has 0 aliphatic rings. The number of aromatic nitrogens is 2. The number of nitrogens with two attached hydrogens (primary N) is 1. The van der Waals surface area contributed by atoms with Crippen molar-refractivity contribution < 1.29 is 4.79 Å². The number of nitrogens with zero attached hydrogens (tertiary/aromatic N) is 2. The minimum atomic E-state index is -0.250. The fraction of sp³-hybridized carbons (Fsp3) is 0.500. The average molecular weight is 223 g/mol. The zero-order chi connectivity index (χ0) is 12.2. The summed E-state index contributed by atoms with van der Waals surface area (Å²) in [6.07, 6.45) is 2.85. The molecule has 0 bridgehead atoms. The summed E-state index contributed by atoms with van der Waals surface area (Å²) in [4.78, 5) is 19.5. The van der Waals surface area contributed by atoms with Crippen molar-refractivity contribution >= 4 is 11.7 Å². The fourth-order valence-corrected chi connectivity index (χ4v) is 0.981. The van der Waals surface area contributed by atoms with E-state index >= 15 is 0 Å². The van der Waals surface area contributed by atoms with Gasteiger partial charge in [0.15, 0.2) is 5.82 Å². The summed E-state index contributed by atoms with van der Waals surface area (Å²) in [7, 11) is 0. The van der Waals surface area contributed by atoms with Gasteiger partial charge in [-0.3, -0.25) is 9.78 Å². The van der Waals surface area contributed by atoms with Crippen molar-refractivity contribution in [2.75, 3.05) is 12.0 Å². The third-order valence-electron chi connectivity index (χ3n) is 1.79. The third-order valence-corrected chi connectivity index (χ3v) is 1.79. The molecule has 1 rings (SSSR count). The minimum absolute atomic E-state index is 0.0345. The van der Waals surface area contributed by atoms with Gasteiger partial charge in [0.25, 0.3) is 5.91 Å². The Hall–Kier alpha value is -1.69. The molecule has 0 aliphatic heterocycles. The largest absolute Gasteiger partial charge is 0.350 e. The quantitative estimate of drug-likeness (QED) is 0.513. The molecular weight excluding hydrogens is 206 g/mol. The smallest absolute Gasteiger partial charge is 0.271 e. The van der Waals surface area contributed by atoms with Gasteiger partial charge >= 0.3 is 0 Å². The molecular formula is C10H17N5O. The molecule has 1 heterocycles. The Kier molecular flexibility index (Phi) is 3.78. The lowest BCUT2D eigenvalue weighted by Gasteiger charge is -2.18. The SMILES string of the molecule is CC(C)(C)CNC(=O)c1cncc(NN)n1. The van der Waals surface area contributed by atoms with E-state index in [1.54, 1.807) is 0 Å². The molecule has 0 unspecified atom stereocenters. The van der Waals surface area contributed by atoms with E-state index in [0.29, 0.717) is 12.4 Å². The number of rotatable bonds is 3. The second-order valence-corrected chi connectivity index (χ2v) is 4.68. The van der Waals surface area contributed by atoms with Crippen molar-refractivity contribution in [1.29, 1.82) is 0 Å². The molecule has 0 aromatic carbocycles. The van der Waals surface area contributed by atoms with Crippen LogP contribution in [0.2, 0.25) is 0 Å². The lowest BCUT2D eigenvalue weighted by molar-refractivity contribution is 0.0934. The van der Waals surface area contributed by atoms with Crippen molar-refractivity contribution in [3.05, 3.63) is 18.1 Å². The molecule has 0 radical (unpaired) electrons. The molecule has 4 N–H and O–H groups in total. The summed E-state index contributed by atoms with van der Waals surface area (Å²) in [6, 6.07) is 0. The highest BCUT2D eigenvalue weighted by Crippen LogP contribution is 2.10. The Balaban J connectivity index is 2.66. The summed E-state index contributed by atoms with van der Waals surface area (Å²) in [5.74, 6) is 5.29. The van der Waals surface area contributed by atoms with Crippen LogP contribution in [0.25, 0.3) is 0 Å². The molecule has 6 nitrogen and oxygen atoms in total. The fourth-order valence-electron chi connectivity index (χ4n) is 0.981. The van der Waals surface area contributed by atoms with Crippen molar-refractivity contribution in [2.24, 2.45) is 11.3 Å². The highest BCUT2D eigenvalue weighted by atomic mass is 16.1. The standard InChI is InChI=1S/C10H17N5O/c1-10(2,3)6-13-9(16)7-4-12-5-8(14-7)15-11/h4-5H,6,11H2,1-3H3,(H,13,16)(H,14,15). The topological polar surface area (TPSA) is 92.9 Å². The Labute approximate surface area is 94.6 Å². The van der Waals surface area contributed by atoms with Crippen molar-refractivity contribution in [2.45, 2.75) is 20.8 Å². The molecule has 6 heteroatoms. The summed E-state index contributed by atoms with van der Waals surface area (Å²) < 4.78 is 0. The van der Waals surface area contributed by atoms with Gasteiger partial charge in [0.05, 0.1) is 12.4 Å². The van der Waals surface area contributed by atoms with Crippen LogP contribution in [0, 0.1) is 5.41 Å². The van der Waals surface area contributed by atoms with Gasteiger partial charge in [0.1, 0.15) is 5.69 Å². The van der Waals surface area contributed by atoms with Crippen LogP contribution < -0.4 is 16.6 Å². The lowest BCUT2D eigenvalue weighted by Crippen LogP contribution is -2.33. The molecule has 0 atom stereocenters. The highest BCUT2D eigenvalue weighted by Gasteiger charge is 2.14. The van der Waals surface area contributed by atoms with Gasteiger partial charge in [-0.15, -0.1) is 0 Å². The predicted molar refractivity (Wildman–Crippen MR) is 61.6 cm³/mol. The summed E-state index contributed by atoms with van der Waals surface area (Å²) in [5.41, 5.74) is 2.63. The number of hydrazine groups is 1. The molecule has 16 heavy (non-hydrogen) atoms. The van der Waals surface area contributed by atoms with E-state index in [0.717, 1.165) is 0 Å². The van der Waals surface area contributed by atoms with Crippen molar-refractivity contribution in [1.82, 2.24) is 15.3 Å². The maximum Gasteiger partial charge on any atom is 0.271 e. The molecule has 1 amide bonds. The summed E-state index contributed by atoms with van der Waals surface area (Å²) in [6.45, 7) is 6.69. The minimum Gasteiger partial charge on any atom is -0.350 e. The number of carbonyl (C=O) groups excluding carboxylic acids is 1. The van der Waals surface area contributed by atoms with Gasteiger partial charge < -0.3 is 10.7 Å². The van der Waals surface area contributed by atoms with E-state index in [9.17, 15) is 4.79 Å². The molecule has 0 aliphatic carbocycles. The lowest BCUT2D eigenvalue weighted by atomic mass is 9.97. The van der Waals surface area contributed by atoms with Gasteiger partial charge in [0.2, 0.25) is 0 Å². The van der Waals surface area contributed by atoms with Crippen molar-refractivity contribution in [3.8, 4) is 0 Å². The van der Waals surface area contributed by atoms with Crippen LogP contribution in [-0.4, -0.2) is 22.4 Å². The van der Waals surface area contributed by atoms with Crippen LogP contribution in [0.4, 0.5) is 5.82 Å². The first kappa shape index (κ1) is 12.4. The zero-order valence-electron chi connectivity index (χ0n) is 9.74. The number of nitrogen functional groups attached to an aromatic ring is 1. The zero-order valence-corrected chi connectivity index (χ0v) is 9.74. The maximum atomic E-state index is 11.7. The van der Waals surface area contributed by atoms with Crippen LogP contribution >= 0.6 is 0 Å². The second kappa shape index (κ2) is 4.89. The number of hydrogen-bond donors (Lipinski definition) is 3. The molecule has 1 aromatic heterocycles. The number of hydrogen-bond acceptors (Lipinski definition) is 5. The molecule has 1 aromatic rings. The number of amides is 1. The first-order valence-electron chi connectivity index (χ1n) is 4.99. The Morgan fingerprint density at radius 2 is 2.12 bits per heavy atom. The van der Waals surface area contributed by atoms with Gasteiger partial charge in [0, 0.05) is 6.54 Å². The average Bonchev–Trinajstić information content (AvgIpc) is 2.25. The number of nitrogens with one attached hydrogen (secondary N) is 2. The Morgan fingerprint density at radius 1 is 1.44 bits per heavy atom. The summed E-state index contributed by atoms with van der Waals surface area (Å²) in [5, 5.41) is 2.78. The van der Waals surface area contributed by atoms with Crippen LogP contribution in [0.15, 0.2) is 12.4 Å². The molecule has 0 spiro atoms.